The SMILES string of the molecule is CC(C)(C)NCCS(=O)(=O)Cc1ccccc1Cl. The number of rotatable bonds is 5. The molecule has 0 atom stereocenters. The lowest BCUT2D eigenvalue weighted by molar-refractivity contribution is 0.438. The molecule has 18 heavy (non-hydrogen) atoms. The highest BCUT2D eigenvalue weighted by Crippen LogP contribution is 2.17. The average Bonchev–Trinajstić information content (AvgIpc) is 2.18. The molecular weight excluding hydrogens is 270 g/mol. The van der Waals surface area contributed by atoms with Gasteiger partial charge < -0.3 is 5.32 Å². The fraction of sp³-hybridized carbons (Fsp3) is 0.538. The fourth-order valence-electron chi connectivity index (χ4n) is 1.51. The lowest BCUT2D eigenvalue weighted by atomic mass is 10.1. The van der Waals surface area contributed by atoms with Crippen molar-refractivity contribution in [3.63, 3.8) is 0 Å². The summed E-state index contributed by atoms with van der Waals surface area (Å²) in [6.45, 7) is 6.48. The molecule has 0 heterocycles. The molecule has 0 aromatic heterocycles. The second-order valence-corrected chi connectivity index (χ2v) is 7.95. The predicted octanol–water partition coefficient (Wildman–Crippen LogP) is 2.64. The van der Waals surface area contributed by atoms with Crippen LogP contribution in [0.1, 0.15) is 26.3 Å². The Morgan fingerprint density at radius 1 is 1.22 bits per heavy atom. The fourth-order valence-corrected chi connectivity index (χ4v) is 3.07. The van der Waals surface area contributed by atoms with Crippen LogP contribution in [0.5, 0.6) is 0 Å². The van der Waals surface area contributed by atoms with Crippen molar-refractivity contribution in [2.45, 2.75) is 32.1 Å². The summed E-state index contributed by atoms with van der Waals surface area (Å²) in [7, 11) is -3.13. The molecule has 0 unspecified atom stereocenters. The van der Waals surface area contributed by atoms with Crippen LogP contribution in [0.3, 0.4) is 0 Å². The van der Waals surface area contributed by atoms with E-state index in [0.717, 1.165) is 0 Å². The number of sulfone groups is 1. The summed E-state index contributed by atoms with van der Waals surface area (Å²) < 4.78 is 23.9. The second-order valence-electron chi connectivity index (χ2n) is 5.36. The normalized spacial score (nSPS) is 12.7. The molecule has 0 aliphatic rings. The van der Waals surface area contributed by atoms with Gasteiger partial charge in [0.15, 0.2) is 9.84 Å². The van der Waals surface area contributed by atoms with Gasteiger partial charge in [-0.1, -0.05) is 29.8 Å². The Kier molecular flexibility index (Phi) is 5.20. The van der Waals surface area contributed by atoms with E-state index in [9.17, 15) is 8.42 Å². The van der Waals surface area contributed by atoms with E-state index in [1.165, 1.54) is 0 Å². The zero-order chi connectivity index (χ0) is 13.8. The van der Waals surface area contributed by atoms with E-state index >= 15 is 0 Å². The molecule has 0 amide bonds. The Hall–Kier alpha value is -0.580. The van der Waals surface area contributed by atoms with E-state index in [1.54, 1.807) is 24.3 Å². The molecule has 5 heteroatoms. The average molecular weight is 290 g/mol. The van der Waals surface area contributed by atoms with Crippen molar-refractivity contribution in [3.05, 3.63) is 34.9 Å². The van der Waals surface area contributed by atoms with Crippen LogP contribution in [0.2, 0.25) is 5.02 Å². The van der Waals surface area contributed by atoms with Crippen LogP contribution >= 0.6 is 11.6 Å². The first-order chi connectivity index (χ1) is 8.20. The largest absolute Gasteiger partial charge is 0.311 e. The van der Waals surface area contributed by atoms with Gasteiger partial charge in [-0.15, -0.1) is 0 Å². The van der Waals surface area contributed by atoms with Gasteiger partial charge in [0, 0.05) is 17.1 Å². The maximum absolute atomic E-state index is 11.9. The van der Waals surface area contributed by atoms with Gasteiger partial charge in [0.05, 0.1) is 11.5 Å². The molecule has 0 radical (unpaired) electrons. The maximum Gasteiger partial charge on any atom is 0.155 e. The van der Waals surface area contributed by atoms with Crippen LogP contribution in [-0.4, -0.2) is 26.3 Å². The van der Waals surface area contributed by atoms with Crippen LogP contribution < -0.4 is 5.32 Å². The van der Waals surface area contributed by atoms with Gasteiger partial charge in [0.1, 0.15) is 0 Å². The third-order valence-electron chi connectivity index (χ3n) is 2.40. The molecule has 102 valence electrons. The summed E-state index contributed by atoms with van der Waals surface area (Å²) in [5, 5.41) is 3.67. The third-order valence-corrected chi connectivity index (χ3v) is 4.35. The Bertz CT molecular complexity index is 492. The lowest BCUT2D eigenvalue weighted by Crippen LogP contribution is -2.38. The Labute approximate surface area is 114 Å². The Morgan fingerprint density at radius 2 is 1.83 bits per heavy atom. The molecule has 3 nitrogen and oxygen atoms in total. The van der Waals surface area contributed by atoms with Gasteiger partial charge in [-0.3, -0.25) is 0 Å². The monoisotopic (exact) mass is 289 g/mol. The smallest absolute Gasteiger partial charge is 0.155 e. The highest BCUT2D eigenvalue weighted by molar-refractivity contribution is 7.90. The van der Waals surface area contributed by atoms with Crippen LogP contribution in [0, 0.1) is 0 Å². The first kappa shape index (κ1) is 15.5. The van der Waals surface area contributed by atoms with Crippen molar-refractivity contribution in [2.75, 3.05) is 12.3 Å². The standard InChI is InChI=1S/C13H20ClNO2S/c1-13(2,3)15-8-9-18(16,17)10-11-6-4-5-7-12(11)14/h4-7,15H,8-10H2,1-3H3. The molecule has 0 saturated heterocycles. The molecule has 0 aliphatic heterocycles. The molecule has 0 bridgehead atoms. The number of nitrogens with one attached hydrogen (secondary N) is 1. The van der Waals surface area contributed by atoms with Crippen molar-refractivity contribution >= 4 is 21.4 Å². The zero-order valence-corrected chi connectivity index (χ0v) is 12.6. The van der Waals surface area contributed by atoms with Crippen LogP contribution in [0.25, 0.3) is 0 Å². The van der Waals surface area contributed by atoms with E-state index in [-0.39, 0.29) is 17.0 Å². The van der Waals surface area contributed by atoms with Gasteiger partial charge in [-0.2, -0.15) is 0 Å². The first-order valence-corrected chi connectivity index (χ1v) is 8.08. The van der Waals surface area contributed by atoms with Crippen LogP contribution in [-0.2, 0) is 15.6 Å². The molecule has 0 aliphatic carbocycles. The summed E-state index contributed by atoms with van der Waals surface area (Å²) >= 11 is 5.96. The minimum Gasteiger partial charge on any atom is -0.311 e. The third kappa shape index (κ3) is 5.85. The molecule has 0 fully saturated rings. The Morgan fingerprint density at radius 3 is 2.39 bits per heavy atom. The topological polar surface area (TPSA) is 46.2 Å². The molecule has 1 N–H and O–H groups in total. The van der Waals surface area contributed by atoms with E-state index in [0.29, 0.717) is 17.1 Å². The minimum atomic E-state index is -3.13. The maximum atomic E-state index is 11.9. The lowest BCUT2D eigenvalue weighted by Gasteiger charge is -2.20. The summed E-state index contributed by atoms with van der Waals surface area (Å²) in [5.74, 6) is 0.119. The Balaban J connectivity index is 2.58. The van der Waals surface area contributed by atoms with Gasteiger partial charge in [-0.05, 0) is 32.4 Å². The summed E-state index contributed by atoms with van der Waals surface area (Å²) in [6, 6.07) is 7.04. The molecule has 0 saturated carbocycles. The van der Waals surface area contributed by atoms with Crippen molar-refractivity contribution in [1.82, 2.24) is 5.32 Å². The molecule has 1 rings (SSSR count). The van der Waals surface area contributed by atoms with Crippen molar-refractivity contribution in [3.8, 4) is 0 Å². The highest BCUT2D eigenvalue weighted by atomic mass is 35.5. The zero-order valence-electron chi connectivity index (χ0n) is 11.0. The molecule has 0 spiro atoms. The van der Waals surface area contributed by atoms with E-state index < -0.39 is 9.84 Å². The summed E-state index contributed by atoms with van der Waals surface area (Å²) in [4.78, 5) is 0. The highest BCUT2D eigenvalue weighted by Gasteiger charge is 2.15. The van der Waals surface area contributed by atoms with Gasteiger partial charge in [0.25, 0.3) is 0 Å². The van der Waals surface area contributed by atoms with Crippen molar-refractivity contribution in [2.24, 2.45) is 0 Å². The summed E-state index contributed by atoms with van der Waals surface area (Å²) in [5.41, 5.74) is 0.592. The van der Waals surface area contributed by atoms with Crippen LogP contribution in [0.15, 0.2) is 24.3 Å². The number of halogens is 1. The minimum absolute atomic E-state index is 0.00149. The predicted molar refractivity (Wildman–Crippen MR) is 76.7 cm³/mol. The molecule has 1 aromatic carbocycles. The van der Waals surface area contributed by atoms with Gasteiger partial charge in [0.2, 0.25) is 0 Å². The van der Waals surface area contributed by atoms with Crippen molar-refractivity contribution in [1.29, 1.82) is 0 Å². The second kappa shape index (κ2) is 6.04. The van der Waals surface area contributed by atoms with Crippen LogP contribution in [0.4, 0.5) is 0 Å². The van der Waals surface area contributed by atoms with Gasteiger partial charge >= 0.3 is 0 Å². The molecular formula is C13H20ClNO2S. The first-order valence-electron chi connectivity index (χ1n) is 5.88. The van der Waals surface area contributed by atoms with Crippen molar-refractivity contribution < 1.29 is 8.42 Å². The van der Waals surface area contributed by atoms with Gasteiger partial charge in [-0.25, -0.2) is 8.42 Å². The quantitative estimate of drug-likeness (QED) is 0.906. The summed E-state index contributed by atoms with van der Waals surface area (Å²) in [6.07, 6.45) is 0. The molecule has 1 aromatic rings. The number of benzene rings is 1. The van der Waals surface area contributed by atoms with E-state index in [4.69, 9.17) is 11.6 Å². The number of hydrogen-bond donors (Lipinski definition) is 1. The van der Waals surface area contributed by atoms with E-state index in [2.05, 4.69) is 5.32 Å². The number of hydrogen-bond acceptors (Lipinski definition) is 3. The van der Waals surface area contributed by atoms with E-state index in [1.807, 2.05) is 20.8 Å².